The predicted octanol–water partition coefficient (Wildman–Crippen LogP) is 1.43. The lowest BCUT2D eigenvalue weighted by Gasteiger charge is -2.37. The maximum Gasteiger partial charge on any atom is 0.119 e. The van der Waals surface area contributed by atoms with E-state index in [4.69, 9.17) is 4.74 Å². The lowest BCUT2D eigenvalue weighted by Crippen LogP contribution is -2.48. The molecule has 1 aromatic carbocycles. The molecule has 1 unspecified atom stereocenters. The molecule has 0 spiro atoms. The van der Waals surface area contributed by atoms with E-state index >= 15 is 0 Å². The van der Waals surface area contributed by atoms with Crippen molar-refractivity contribution in [2.24, 2.45) is 5.92 Å². The maximum absolute atomic E-state index is 5.22. The largest absolute Gasteiger partial charge is 0.497 e. The minimum absolute atomic E-state index is 0.863. The zero-order chi connectivity index (χ0) is 13.8. The quantitative estimate of drug-likeness (QED) is 0.899. The van der Waals surface area contributed by atoms with Gasteiger partial charge in [0.25, 0.3) is 0 Å². The molecule has 4 nitrogen and oxygen atoms in total. The number of benzene rings is 1. The second-order valence-corrected chi connectivity index (χ2v) is 5.84. The number of piperazine rings is 1. The highest BCUT2D eigenvalue weighted by Crippen LogP contribution is 2.21. The van der Waals surface area contributed by atoms with Crippen LogP contribution < -0.4 is 15.0 Å². The molecule has 20 heavy (non-hydrogen) atoms. The first-order valence-corrected chi connectivity index (χ1v) is 7.67. The average molecular weight is 275 g/mol. The van der Waals surface area contributed by atoms with Crippen molar-refractivity contribution in [2.75, 3.05) is 57.8 Å². The van der Waals surface area contributed by atoms with Gasteiger partial charge in [0.05, 0.1) is 7.11 Å². The van der Waals surface area contributed by atoms with Gasteiger partial charge in [0, 0.05) is 38.4 Å². The van der Waals surface area contributed by atoms with Crippen LogP contribution in [-0.2, 0) is 0 Å². The van der Waals surface area contributed by atoms with Crippen LogP contribution in [0.15, 0.2) is 24.3 Å². The Morgan fingerprint density at radius 2 is 1.90 bits per heavy atom. The highest BCUT2D eigenvalue weighted by molar-refractivity contribution is 5.49. The number of hydrogen-bond donors (Lipinski definition) is 1. The Balaban J connectivity index is 1.49. The fourth-order valence-electron chi connectivity index (χ4n) is 3.22. The van der Waals surface area contributed by atoms with Crippen molar-refractivity contribution in [2.45, 2.75) is 6.42 Å². The number of methoxy groups -OCH3 is 1. The predicted molar refractivity (Wildman–Crippen MR) is 82.6 cm³/mol. The number of ether oxygens (including phenoxy) is 1. The van der Waals surface area contributed by atoms with E-state index in [9.17, 15) is 0 Å². The number of nitrogens with zero attached hydrogens (tertiary/aromatic N) is 2. The number of rotatable bonds is 4. The van der Waals surface area contributed by atoms with Crippen molar-refractivity contribution in [3.63, 3.8) is 0 Å². The molecule has 0 radical (unpaired) electrons. The van der Waals surface area contributed by atoms with Gasteiger partial charge in [0.1, 0.15) is 5.75 Å². The zero-order valence-corrected chi connectivity index (χ0v) is 12.3. The van der Waals surface area contributed by atoms with Crippen LogP contribution >= 0.6 is 0 Å². The van der Waals surface area contributed by atoms with Crippen molar-refractivity contribution in [3.05, 3.63) is 24.3 Å². The summed E-state index contributed by atoms with van der Waals surface area (Å²) in [6.45, 7) is 8.31. The molecular formula is C16H25N3O. The molecule has 2 fully saturated rings. The van der Waals surface area contributed by atoms with Gasteiger partial charge < -0.3 is 15.0 Å². The van der Waals surface area contributed by atoms with E-state index in [1.54, 1.807) is 7.11 Å². The summed E-state index contributed by atoms with van der Waals surface area (Å²) >= 11 is 0. The molecular weight excluding hydrogens is 250 g/mol. The Kier molecular flexibility index (Phi) is 4.43. The zero-order valence-electron chi connectivity index (χ0n) is 12.3. The molecule has 4 heteroatoms. The van der Waals surface area contributed by atoms with Gasteiger partial charge in [0.2, 0.25) is 0 Å². The van der Waals surface area contributed by atoms with Gasteiger partial charge in [-0.15, -0.1) is 0 Å². The fourth-order valence-corrected chi connectivity index (χ4v) is 3.22. The summed E-state index contributed by atoms with van der Waals surface area (Å²) < 4.78 is 5.22. The molecule has 3 rings (SSSR count). The van der Waals surface area contributed by atoms with E-state index < -0.39 is 0 Å². The van der Waals surface area contributed by atoms with E-state index in [-0.39, 0.29) is 0 Å². The maximum atomic E-state index is 5.22. The van der Waals surface area contributed by atoms with Gasteiger partial charge >= 0.3 is 0 Å². The van der Waals surface area contributed by atoms with Crippen LogP contribution in [0.5, 0.6) is 5.75 Å². The number of hydrogen-bond acceptors (Lipinski definition) is 4. The van der Waals surface area contributed by atoms with Gasteiger partial charge in [0.15, 0.2) is 0 Å². The van der Waals surface area contributed by atoms with E-state index in [1.807, 2.05) is 12.1 Å². The van der Waals surface area contributed by atoms with E-state index in [2.05, 4.69) is 27.2 Å². The molecule has 0 aliphatic carbocycles. The van der Waals surface area contributed by atoms with Gasteiger partial charge in [-0.3, -0.25) is 4.90 Å². The molecule has 0 bridgehead atoms. The molecule has 1 N–H and O–H groups in total. The molecule has 2 aliphatic heterocycles. The van der Waals surface area contributed by atoms with E-state index in [1.165, 1.54) is 44.8 Å². The third kappa shape index (κ3) is 3.25. The second kappa shape index (κ2) is 6.46. The highest BCUT2D eigenvalue weighted by atomic mass is 16.5. The van der Waals surface area contributed by atoms with Crippen LogP contribution in [-0.4, -0.2) is 57.8 Å². The molecule has 0 amide bonds. The normalized spacial score (nSPS) is 24.1. The monoisotopic (exact) mass is 275 g/mol. The van der Waals surface area contributed by atoms with Crippen molar-refractivity contribution >= 4 is 5.69 Å². The molecule has 2 saturated heterocycles. The summed E-state index contributed by atoms with van der Waals surface area (Å²) in [6, 6.07) is 8.42. The third-order valence-corrected chi connectivity index (χ3v) is 4.49. The van der Waals surface area contributed by atoms with Gasteiger partial charge in [-0.25, -0.2) is 0 Å². The first kappa shape index (κ1) is 13.7. The van der Waals surface area contributed by atoms with Crippen molar-refractivity contribution in [3.8, 4) is 5.75 Å². The molecule has 2 aliphatic rings. The summed E-state index contributed by atoms with van der Waals surface area (Å²) in [4.78, 5) is 5.10. The molecule has 0 aromatic heterocycles. The van der Waals surface area contributed by atoms with Gasteiger partial charge in [-0.2, -0.15) is 0 Å². The highest BCUT2D eigenvalue weighted by Gasteiger charge is 2.22. The summed E-state index contributed by atoms with van der Waals surface area (Å²) in [5.41, 5.74) is 1.31. The van der Waals surface area contributed by atoms with Crippen molar-refractivity contribution in [1.29, 1.82) is 0 Å². The lowest BCUT2D eigenvalue weighted by atomic mass is 10.1. The molecule has 1 aromatic rings. The second-order valence-electron chi connectivity index (χ2n) is 5.84. The summed E-state index contributed by atoms with van der Waals surface area (Å²) in [5, 5.41) is 3.46. The van der Waals surface area contributed by atoms with E-state index in [0.29, 0.717) is 0 Å². The smallest absolute Gasteiger partial charge is 0.119 e. The average Bonchev–Trinajstić information content (AvgIpc) is 3.01. The van der Waals surface area contributed by atoms with Crippen LogP contribution in [0.1, 0.15) is 6.42 Å². The van der Waals surface area contributed by atoms with Crippen LogP contribution in [0.25, 0.3) is 0 Å². The topological polar surface area (TPSA) is 27.7 Å². The van der Waals surface area contributed by atoms with Gasteiger partial charge in [-0.1, -0.05) is 0 Å². The van der Waals surface area contributed by atoms with Crippen molar-refractivity contribution in [1.82, 2.24) is 10.2 Å². The molecule has 1 atom stereocenters. The van der Waals surface area contributed by atoms with Crippen LogP contribution in [0, 0.1) is 5.92 Å². The Bertz CT molecular complexity index is 406. The number of anilines is 1. The van der Waals surface area contributed by atoms with Gasteiger partial charge in [-0.05, 0) is 49.7 Å². The first-order chi connectivity index (χ1) is 9.85. The van der Waals surface area contributed by atoms with Crippen LogP contribution in [0.2, 0.25) is 0 Å². The Hall–Kier alpha value is -1.26. The minimum atomic E-state index is 0.863. The number of nitrogens with one attached hydrogen (secondary N) is 1. The Morgan fingerprint density at radius 1 is 1.15 bits per heavy atom. The van der Waals surface area contributed by atoms with Crippen LogP contribution in [0.4, 0.5) is 5.69 Å². The molecule has 0 saturated carbocycles. The standard InChI is InChI=1S/C16H25N3O/c1-20-16-4-2-15(3-5-16)19-10-8-18(9-11-19)13-14-6-7-17-12-14/h2-5,14,17H,6-13H2,1H3. The third-order valence-electron chi connectivity index (χ3n) is 4.49. The Labute approximate surface area is 121 Å². The summed E-state index contributed by atoms with van der Waals surface area (Å²) in [6.07, 6.45) is 1.35. The minimum Gasteiger partial charge on any atom is -0.497 e. The van der Waals surface area contributed by atoms with E-state index in [0.717, 1.165) is 24.8 Å². The molecule has 2 heterocycles. The lowest BCUT2D eigenvalue weighted by molar-refractivity contribution is 0.225. The fraction of sp³-hybridized carbons (Fsp3) is 0.625. The van der Waals surface area contributed by atoms with Crippen molar-refractivity contribution < 1.29 is 4.74 Å². The summed E-state index contributed by atoms with van der Waals surface area (Å²) in [5.74, 6) is 1.80. The van der Waals surface area contributed by atoms with Crippen LogP contribution in [0.3, 0.4) is 0 Å². The Morgan fingerprint density at radius 3 is 2.50 bits per heavy atom. The summed E-state index contributed by atoms with van der Waals surface area (Å²) in [7, 11) is 1.71. The SMILES string of the molecule is COc1ccc(N2CCN(CC3CCNC3)CC2)cc1. The molecule has 110 valence electrons. The first-order valence-electron chi connectivity index (χ1n) is 7.67.